The number of aromatic nitrogens is 1. The lowest BCUT2D eigenvalue weighted by atomic mass is 9.97. The molecule has 2 rings (SSSR count). The molecular weight excluding hydrogens is 220 g/mol. The van der Waals surface area contributed by atoms with E-state index in [0.717, 1.165) is 16.1 Å². The molecule has 0 saturated heterocycles. The van der Waals surface area contributed by atoms with Crippen LogP contribution in [0.2, 0.25) is 5.02 Å². The maximum absolute atomic E-state index is 6.12. The van der Waals surface area contributed by atoms with Crippen molar-refractivity contribution >= 4 is 22.5 Å². The summed E-state index contributed by atoms with van der Waals surface area (Å²) < 4.78 is 0. The van der Waals surface area contributed by atoms with Gasteiger partial charge in [-0.05, 0) is 43.5 Å². The van der Waals surface area contributed by atoms with Crippen molar-refractivity contribution in [2.75, 3.05) is 6.54 Å². The first-order valence-electron chi connectivity index (χ1n) is 5.53. The van der Waals surface area contributed by atoms with Gasteiger partial charge in [-0.1, -0.05) is 24.6 Å². The lowest BCUT2D eigenvalue weighted by Crippen LogP contribution is -2.09. The number of hydrogen-bond acceptors (Lipinski definition) is 1. The number of fused-ring (bicyclic) bond motifs is 1. The van der Waals surface area contributed by atoms with Crippen LogP contribution in [0.5, 0.6) is 0 Å². The van der Waals surface area contributed by atoms with E-state index >= 15 is 0 Å². The van der Waals surface area contributed by atoms with Crippen LogP contribution in [0.3, 0.4) is 0 Å². The quantitative estimate of drug-likeness (QED) is 0.824. The fourth-order valence-corrected chi connectivity index (χ4v) is 2.44. The van der Waals surface area contributed by atoms with Crippen LogP contribution in [-0.2, 0) is 0 Å². The minimum absolute atomic E-state index is 0.370. The summed E-state index contributed by atoms with van der Waals surface area (Å²) in [4.78, 5) is 3.41. The SMILES string of the molecule is Cc1[nH]c2c(C)c(Cl)ccc2c1C(C)CN. The van der Waals surface area contributed by atoms with E-state index in [0.29, 0.717) is 12.5 Å². The van der Waals surface area contributed by atoms with E-state index in [1.807, 2.05) is 13.0 Å². The summed E-state index contributed by atoms with van der Waals surface area (Å²) >= 11 is 6.12. The monoisotopic (exact) mass is 236 g/mol. The molecule has 3 heteroatoms. The summed E-state index contributed by atoms with van der Waals surface area (Å²) in [5.74, 6) is 0.370. The Balaban J connectivity index is 2.76. The number of halogens is 1. The fourth-order valence-electron chi connectivity index (χ4n) is 2.28. The Morgan fingerprint density at radius 2 is 2.06 bits per heavy atom. The zero-order valence-electron chi connectivity index (χ0n) is 9.89. The predicted molar refractivity (Wildman–Crippen MR) is 70.3 cm³/mol. The Hall–Kier alpha value is -0.990. The number of aryl methyl sites for hydroxylation is 2. The normalized spacial score (nSPS) is 13.3. The summed E-state index contributed by atoms with van der Waals surface area (Å²) in [6, 6.07) is 4.04. The lowest BCUT2D eigenvalue weighted by Gasteiger charge is -2.09. The van der Waals surface area contributed by atoms with Crippen LogP contribution in [0.1, 0.15) is 29.7 Å². The second-order valence-electron chi connectivity index (χ2n) is 4.40. The van der Waals surface area contributed by atoms with Crippen LogP contribution in [0.4, 0.5) is 0 Å². The van der Waals surface area contributed by atoms with Gasteiger partial charge < -0.3 is 10.7 Å². The van der Waals surface area contributed by atoms with Gasteiger partial charge >= 0.3 is 0 Å². The number of hydrogen-bond donors (Lipinski definition) is 2. The summed E-state index contributed by atoms with van der Waals surface area (Å²) in [7, 11) is 0. The highest BCUT2D eigenvalue weighted by atomic mass is 35.5. The number of aromatic amines is 1. The highest BCUT2D eigenvalue weighted by Crippen LogP contribution is 2.32. The van der Waals surface area contributed by atoms with Gasteiger partial charge in [0, 0.05) is 16.1 Å². The van der Waals surface area contributed by atoms with Gasteiger partial charge in [-0.15, -0.1) is 0 Å². The molecule has 3 N–H and O–H groups in total. The predicted octanol–water partition coefficient (Wildman–Crippen LogP) is 3.50. The van der Waals surface area contributed by atoms with E-state index in [1.54, 1.807) is 0 Å². The molecule has 0 aliphatic heterocycles. The summed E-state index contributed by atoms with van der Waals surface area (Å²) in [6.45, 7) is 6.95. The van der Waals surface area contributed by atoms with E-state index in [-0.39, 0.29) is 0 Å². The average Bonchev–Trinajstić information content (AvgIpc) is 2.60. The molecule has 0 bridgehead atoms. The Morgan fingerprint density at radius 3 is 2.69 bits per heavy atom. The van der Waals surface area contributed by atoms with Gasteiger partial charge in [0.1, 0.15) is 0 Å². The Kier molecular flexibility index (Phi) is 2.96. The molecule has 0 aliphatic carbocycles. The average molecular weight is 237 g/mol. The van der Waals surface area contributed by atoms with Crippen LogP contribution < -0.4 is 5.73 Å². The Morgan fingerprint density at radius 1 is 1.38 bits per heavy atom. The molecule has 1 atom stereocenters. The second-order valence-corrected chi connectivity index (χ2v) is 4.80. The van der Waals surface area contributed by atoms with E-state index in [1.165, 1.54) is 16.6 Å². The van der Waals surface area contributed by atoms with Crippen LogP contribution in [0.25, 0.3) is 10.9 Å². The molecule has 2 nitrogen and oxygen atoms in total. The van der Waals surface area contributed by atoms with Gasteiger partial charge in [-0.25, -0.2) is 0 Å². The van der Waals surface area contributed by atoms with Crippen molar-refractivity contribution in [1.29, 1.82) is 0 Å². The summed E-state index contributed by atoms with van der Waals surface area (Å²) in [6.07, 6.45) is 0. The van der Waals surface area contributed by atoms with Crippen molar-refractivity contribution in [2.24, 2.45) is 5.73 Å². The molecule has 1 unspecified atom stereocenters. The van der Waals surface area contributed by atoms with Crippen LogP contribution >= 0.6 is 11.6 Å². The second kappa shape index (κ2) is 4.11. The molecule has 0 amide bonds. The third-order valence-corrected chi connectivity index (χ3v) is 3.66. The van der Waals surface area contributed by atoms with Crippen LogP contribution in [0, 0.1) is 13.8 Å². The van der Waals surface area contributed by atoms with Gasteiger partial charge in [0.2, 0.25) is 0 Å². The van der Waals surface area contributed by atoms with Crippen LogP contribution in [-0.4, -0.2) is 11.5 Å². The Bertz CT molecular complexity index is 528. The summed E-state index contributed by atoms with van der Waals surface area (Å²) in [5.41, 5.74) is 10.5. The van der Waals surface area contributed by atoms with Gasteiger partial charge in [-0.3, -0.25) is 0 Å². The maximum atomic E-state index is 6.12. The van der Waals surface area contributed by atoms with E-state index in [4.69, 9.17) is 17.3 Å². The zero-order chi connectivity index (χ0) is 11.9. The number of H-pyrrole nitrogens is 1. The fraction of sp³-hybridized carbons (Fsp3) is 0.385. The third kappa shape index (κ3) is 1.62. The summed E-state index contributed by atoms with van der Waals surface area (Å²) in [5, 5.41) is 2.05. The lowest BCUT2D eigenvalue weighted by molar-refractivity contribution is 0.773. The van der Waals surface area contributed by atoms with Gasteiger partial charge in [0.05, 0.1) is 5.52 Å². The molecule has 0 fully saturated rings. The van der Waals surface area contributed by atoms with Crippen molar-refractivity contribution in [3.05, 3.63) is 34.0 Å². The number of nitrogens with one attached hydrogen (secondary N) is 1. The third-order valence-electron chi connectivity index (χ3n) is 3.25. The standard InChI is InChI=1S/C13H17ClN2/c1-7(6-15)12-9(3)16-13-8(2)11(14)5-4-10(12)13/h4-5,7,16H,6,15H2,1-3H3. The molecule has 0 saturated carbocycles. The first-order valence-corrected chi connectivity index (χ1v) is 5.91. The molecule has 1 aromatic heterocycles. The van der Waals surface area contributed by atoms with E-state index < -0.39 is 0 Å². The minimum atomic E-state index is 0.370. The first kappa shape index (κ1) is 11.5. The molecule has 16 heavy (non-hydrogen) atoms. The van der Waals surface area contributed by atoms with Crippen molar-refractivity contribution in [3.63, 3.8) is 0 Å². The van der Waals surface area contributed by atoms with Crippen molar-refractivity contribution < 1.29 is 0 Å². The molecule has 0 radical (unpaired) electrons. The number of rotatable bonds is 2. The van der Waals surface area contributed by atoms with E-state index in [9.17, 15) is 0 Å². The molecule has 86 valence electrons. The van der Waals surface area contributed by atoms with Gasteiger partial charge in [-0.2, -0.15) is 0 Å². The Labute approximate surface area is 101 Å². The van der Waals surface area contributed by atoms with Crippen LogP contribution in [0.15, 0.2) is 12.1 Å². The highest BCUT2D eigenvalue weighted by molar-refractivity contribution is 6.32. The maximum Gasteiger partial charge on any atom is 0.0503 e. The van der Waals surface area contributed by atoms with E-state index in [2.05, 4.69) is 24.9 Å². The topological polar surface area (TPSA) is 41.8 Å². The molecule has 2 aromatic rings. The van der Waals surface area contributed by atoms with Gasteiger partial charge in [0.15, 0.2) is 0 Å². The molecular formula is C13H17ClN2. The smallest absolute Gasteiger partial charge is 0.0503 e. The number of benzene rings is 1. The molecule has 1 aromatic carbocycles. The largest absolute Gasteiger partial charge is 0.358 e. The van der Waals surface area contributed by atoms with Crippen molar-refractivity contribution in [2.45, 2.75) is 26.7 Å². The van der Waals surface area contributed by atoms with Crippen molar-refractivity contribution in [1.82, 2.24) is 4.98 Å². The zero-order valence-corrected chi connectivity index (χ0v) is 10.7. The molecule has 0 spiro atoms. The van der Waals surface area contributed by atoms with Gasteiger partial charge in [0.25, 0.3) is 0 Å². The first-order chi connectivity index (χ1) is 7.56. The molecule has 1 heterocycles. The van der Waals surface area contributed by atoms with Crippen molar-refractivity contribution in [3.8, 4) is 0 Å². The molecule has 0 aliphatic rings. The highest BCUT2D eigenvalue weighted by Gasteiger charge is 2.15. The minimum Gasteiger partial charge on any atom is -0.358 e. The number of nitrogens with two attached hydrogens (primary N) is 1.